The van der Waals surface area contributed by atoms with Crippen LogP contribution in [0.1, 0.15) is 6.42 Å². The van der Waals surface area contributed by atoms with Crippen molar-refractivity contribution in [1.29, 1.82) is 0 Å². The van der Waals surface area contributed by atoms with Crippen LogP contribution in [0, 0.1) is 0 Å². The molecule has 0 radical (unpaired) electrons. The van der Waals surface area contributed by atoms with E-state index in [1.165, 1.54) is 4.90 Å². The lowest BCUT2D eigenvalue weighted by Crippen LogP contribution is -2.24. The highest BCUT2D eigenvalue weighted by molar-refractivity contribution is 7.99. The van der Waals surface area contributed by atoms with Crippen molar-refractivity contribution in [2.24, 2.45) is 5.73 Å². The van der Waals surface area contributed by atoms with Gasteiger partial charge in [0, 0.05) is 16.0 Å². The van der Waals surface area contributed by atoms with E-state index in [1.807, 2.05) is 24.3 Å². The number of hydrogen-bond donors (Lipinski definition) is 2. The Labute approximate surface area is 93.5 Å². The lowest BCUT2D eigenvalue weighted by molar-refractivity contribution is 0.264. The van der Waals surface area contributed by atoms with Gasteiger partial charge in [-0.1, -0.05) is 11.6 Å². The quantitative estimate of drug-likeness (QED) is 0.764. The molecule has 14 heavy (non-hydrogen) atoms. The van der Waals surface area contributed by atoms with Gasteiger partial charge >= 0.3 is 0 Å². The molecule has 78 valence electrons. The molecule has 0 unspecified atom stereocenters. The molecular formula is C10H14ClNOS. The highest BCUT2D eigenvalue weighted by Gasteiger charge is 2.00. The zero-order chi connectivity index (χ0) is 10.4. The molecule has 4 heteroatoms. The second kappa shape index (κ2) is 6.30. The largest absolute Gasteiger partial charge is 0.395 e. The van der Waals surface area contributed by atoms with E-state index in [9.17, 15) is 0 Å². The predicted molar refractivity (Wildman–Crippen MR) is 61.9 cm³/mol. The van der Waals surface area contributed by atoms with Gasteiger partial charge in [0.15, 0.2) is 0 Å². The molecular weight excluding hydrogens is 218 g/mol. The van der Waals surface area contributed by atoms with Crippen LogP contribution in [0.4, 0.5) is 0 Å². The number of aliphatic hydroxyl groups is 1. The molecule has 0 bridgehead atoms. The number of nitrogens with two attached hydrogens (primary N) is 1. The normalized spacial score (nSPS) is 12.8. The summed E-state index contributed by atoms with van der Waals surface area (Å²) in [6.45, 7) is 0.0567. The van der Waals surface area contributed by atoms with Crippen molar-refractivity contribution in [1.82, 2.24) is 0 Å². The topological polar surface area (TPSA) is 46.2 Å². The maximum Gasteiger partial charge on any atom is 0.0582 e. The summed E-state index contributed by atoms with van der Waals surface area (Å²) in [4.78, 5) is 1.18. The Morgan fingerprint density at radius 2 is 2.00 bits per heavy atom. The van der Waals surface area contributed by atoms with Crippen molar-refractivity contribution in [3.63, 3.8) is 0 Å². The van der Waals surface area contributed by atoms with Crippen molar-refractivity contribution < 1.29 is 5.11 Å². The van der Waals surface area contributed by atoms with Gasteiger partial charge in [-0.3, -0.25) is 0 Å². The van der Waals surface area contributed by atoms with Crippen molar-refractivity contribution in [3.8, 4) is 0 Å². The zero-order valence-corrected chi connectivity index (χ0v) is 9.39. The molecule has 1 atom stereocenters. The third-order valence-corrected chi connectivity index (χ3v) is 3.10. The first-order valence-corrected chi connectivity index (χ1v) is 5.83. The first-order valence-electron chi connectivity index (χ1n) is 4.47. The van der Waals surface area contributed by atoms with Crippen LogP contribution in [-0.4, -0.2) is 23.5 Å². The molecule has 1 aromatic carbocycles. The third-order valence-electron chi connectivity index (χ3n) is 1.81. The monoisotopic (exact) mass is 231 g/mol. The fraction of sp³-hybridized carbons (Fsp3) is 0.400. The summed E-state index contributed by atoms with van der Waals surface area (Å²) in [5, 5.41) is 9.47. The van der Waals surface area contributed by atoms with E-state index >= 15 is 0 Å². The van der Waals surface area contributed by atoms with Crippen LogP contribution in [0.15, 0.2) is 29.2 Å². The van der Waals surface area contributed by atoms with Crippen LogP contribution in [0.25, 0.3) is 0 Å². The standard InChI is InChI=1S/C10H14ClNOS/c11-8-1-3-10(4-2-8)14-6-5-9(12)7-13/h1-4,9,13H,5-7,12H2/t9-/m0/s1. The maximum atomic E-state index is 8.72. The average Bonchev–Trinajstić information content (AvgIpc) is 2.21. The van der Waals surface area contributed by atoms with Crippen molar-refractivity contribution in [3.05, 3.63) is 29.3 Å². The average molecular weight is 232 g/mol. The number of hydrogen-bond acceptors (Lipinski definition) is 3. The molecule has 3 N–H and O–H groups in total. The smallest absolute Gasteiger partial charge is 0.0582 e. The van der Waals surface area contributed by atoms with E-state index < -0.39 is 0 Å². The lowest BCUT2D eigenvalue weighted by Gasteiger charge is -2.06. The Hall–Kier alpha value is -0.220. The first-order chi connectivity index (χ1) is 6.72. The number of rotatable bonds is 5. The predicted octanol–water partition coefficient (Wildman–Crippen LogP) is 2.14. The van der Waals surface area contributed by atoms with Gasteiger partial charge in [-0.25, -0.2) is 0 Å². The summed E-state index contributed by atoms with van der Waals surface area (Å²) < 4.78 is 0. The number of aliphatic hydroxyl groups excluding tert-OH is 1. The Morgan fingerprint density at radius 3 is 2.57 bits per heavy atom. The van der Waals surface area contributed by atoms with Gasteiger partial charge in [0.25, 0.3) is 0 Å². The lowest BCUT2D eigenvalue weighted by atomic mass is 10.3. The van der Waals surface area contributed by atoms with Crippen molar-refractivity contribution in [2.45, 2.75) is 17.4 Å². The van der Waals surface area contributed by atoms with Gasteiger partial charge in [-0.15, -0.1) is 11.8 Å². The molecule has 0 aliphatic rings. The summed E-state index contributed by atoms with van der Waals surface area (Å²) in [6.07, 6.45) is 0.823. The summed E-state index contributed by atoms with van der Waals surface area (Å²) in [5.41, 5.74) is 5.58. The summed E-state index contributed by atoms with van der Waals surface area (Å²) >= 11 is 7.48. The van der Waals surface area contributed by atoms with Gasteiger partial charge in [0.1, 0.15) is 0 Å². The minimum atomic E-state index is -0.102. The van der Waals surface area contributed by atoms with Crippen molar-refractivity contribution in [2.75, 3.05) is 12.4 Å². The van der Waals surface area contributed by atoms with E-state index in [-0.39, 0.29) is 12.6 Å². The second-order valence-corrected chi connectivity index (χ2v) is 4.64. The molecule has 0 aliphatic heterocycles. The molecule has 1 rings (SSSR count). The molecule has 0 saturated heterocycles. The molecule has 0 heterocycles. The zero-order valence-electron chi connectivity index (χ0n) is 7.82. The van der Waals surface area contributed by atoms with Crippen LogP contribution in [-0.2, 0) is 0 Å². The Balaban J connectivity index is 2.28. The van der Waals surface area contributed by atoms with Crippen LogP contribution in [0.2, 0.25) is 5.02 Å². The minimum Gasteiger partial charge on any atom is -0.395 e. The number of halogens is 1. The van der Waals surface area contributed by atoms with Gasteiger partial charge < -0.3 is 10.8 Å². The Bertz CT molecular complexity index is 265. The highest BCUT2D eigenvalue weighted by Crippen LogP contribution is 2.21. The first kappa shape index (κ1) is 11.9. The van der Waals surface area contributed by atoms with E-state index in [2.05, 4.69) is 0 Å². The van der Waals surface area contributed by atoms with Crippen LogP contribution >= 0.6 is 23.4 Å². The van der Waals surface area contributed by atoms with E-state index in [0.29, 0.717) is 0 Å². The molecule has 0 amide bonds. The van der Waals surface area contributed by atoms with Crippen LogP contribution < -0.4 is 5.73 Å². The summed E-state index contributed by atoms with van der Waals surface area (Å²) in [7, 11) is 0. The van der Waals surface area contributed by atoms with E-state index in [1.54, 1.807) is 11.8 Å². The molecule has 0 spiro atoms. The minimum absolute atomic E-state index is 0.0567. The summed E-state index contributed by atoms with van der Waals surface area (Å²) in [6, 6.07) is 7.61. The molecule has 0 saturated carbocycles. The van der Waals surface area contributed by atoms with E-state index in [4.69, 9.17) is 22.4 Å². The third kappa shape index (κ3) is 4.33. The van der Waals surface area contributed by atoms with Gasteiger partial charge in [-0.05, 0) is 36.4 Å². The maximum absolute atomic E-state index is 8.72. The number of thioether (sulfide) groups is 1. The highest BCUT2D eigenvalue weighted by atomic mass is 35.5. The van der Waals surface area contributed by atoms with Gasteiger partial charge in [0.2, 0.25) is 0 Å². The summed E-state index contributed by atoms with van der Waals surface area (Å²) in [5.74, 6) is 0.920. The number of benzene rings is 1. The fourth-order valence-corrected chi connectivity index (χ4v) is 2.06. The molecule has 2 nitrogen and oxygen atoms in total. The second-order valence-electron chi connectivity index (χ2n) is 3.03. The molecule has 1 aromatic rings. The van der Waals surface area contributed by atoms with Crippen LogP contribution in [0.3, 0.4) is 0 Å². The van der Waals surface area contributed by atoms with Gasteiger partial charge in [-0.2, -0.15) is 0 Å². The van der Waals surface area contributed by atoms with Crippen molar-refractivity contribution >= 4 is 23.4 Å². The Kier molecular flexibility index (Phi) is 5.33. The van der Waals surface area contributed by atoms with E-state index in [0.717, 1.165) is 17.2 Å². The molecule has 0 aliphatic carbocycles. The fourth-order valence-electron chi connectivity index (χ4n) is 0.950. The van der Waals surface area contributed by atoms with Gasteiger partial charge in [0.05, 0.1) is 6.61 Å². The Morgan fingerprint density at radius 1 is 1.36 bits per heavy atom. The SMILES string of the molecule is N[C@H](CO)CCSc1ccc(Cl)cc1. The van der Waals surface area contributed by atoms with Crippen LogP contribution in [0.5, 0.6) is 0 Å². The molecule has 0 aromatic heterocycles. The molecule has 0 fully saturated rings.